The standard InChI is InChI=1S/C20H17ClN2O4/c1-3-27-16-7-5-4-6-15(16)23-19(25)17(21)18(20(23)26)22-14-10-8-13(9-11-14)12(2)24/h4-11,22H,3H2,1-2H3. The van der Waals surface area contributed by atoms with Crippen LogP contribution in [0.15, 0.2) is 59.3 Å². The van der Waals surface area contributed by atoms with Gasteiger partial charge in [0.15, 0.2) is 5.78 Å². The van der Waals surface area contributed by atoms with Gasteiger partial charge in [-0.25, -0.2) is 4.90 Å². The molecule has 0 radical (unpaired) electrons. The van der Waals surface area contributed by atoms with Gasteiger partial charge in [0.1, 0.15) is 16.5 Å². The number of nitrogens with zero attached hydrogens (tertiary/aromatic N) is 1. The number of anilines is 2. The predicted octanol–water partition coefficient (Wildman–Crippen LogP) is 3.72. The molecule has 27 heavy (non-hydrogen) atoms. The van der Waals surface area contributed by atoms with Gasteiger partial charge in [0.2, 0.25) is 0 Å². The Bertz CT molecular complexity index is 951. The van der Waals surface area contributed by atoms with Crippen molar-refractivity contribution in [2.45, 2.75) is 13.8 Å². The average Bonchev–Trinajstić information content (AvgIpc) is 2.86. The van der Waals surface area contributed by atoms with Gasteiger partial charge in [-0.05, 0) is 50.2 Å². The summed E-state index contributed by atoms with van der Waals surface area (Å²) in [5.74, 6) is -0.854. The molecule has 0 spiro atoms. The molecule has 138 valence electrons. The number of halogens is 1. The minimum Gasteiger partial charge on any atom is -0.492 e. The van der Waals surface area contributed by atoms with Crippen molar-refractivity contribution in [3.63, 3.8) is 0 Å². The number of hydrogen-bond donors (Lipinski definition) is 1. The SMILES string of the molecule is CCOc1ccccc1N1C(=O)C(Cl)=C(Nc2ccc(C(C)=O)cc2)C1=O. The van der Waals surface area contributed by atoms with Crippen LogP contribution in [0.3, 0.4) is 0 Å². The maximum atomic E-state index is 12.9. The molecule has 6 nitrogen and oxygen atoms in total. The summed E-state index contributed by atoms with van der Waals surface area (Å²) >= 11 is 6.14. The number of ether oxygens (including phenoxy) is 1. The highest BCUT2D eigenvalue weighted by Gasteiger charge is 2.40. The molecule has 2 aromatic rings. The lowest BCUT2D eigenvalue weighted by molar-refractivity contribution is -0.120. The van der Waals surface area contributed by atoms with Gasteiger partial charge in [0.05, 0.1) is 12.3 Å². The quantitative estimate of drug-likeness (QED) is 0.606. The first-order valence-electron chi connectivity index (χ1n) is 8.32. The Kier molecular flexibility index (Phi) is 5.28. The van der Waals surface area contributed by atoms with Gasteiger partial charge in [-0.3, -0.25) is 14.4 Å². The van der Waals surface area contributed by atoms with E-state index in [-0.39, 0.29) is 16.5 Å². The van der Waals surface area contributed by atoms with Crippen LogP contribution >= 0.6 is 11.6 Å². The zero-order valence-corrected chi connectivity index (χ0v) is 15.5. The van der Waals surface area contributed by atoms with E-state index < -0.39 is 11.8 Å². The number of carbonyl (C=O) groups excluding carboxylic acids is 3. The summed E-state index contributed by atoms with van der Waals surface area (Å²) in [6, 6.07) is 13.3. The van der Waals surface area contributed by atoms with Crippen LogP contribution in [0.25, 0.3) is 0 Å². The molecule has 2 aromatic carbocycles. The Morgan fingerprint density at radius 3 is 2.37 bits per heavy atom. The fourth-order valence-corrected chi connectivity index (χ4v) is 2.89. The molecule has 1 aliphatic heterocycles. The molecule has 1 aliphatic rings. The van der Waals surface area contributed by atoms with Gasteiger partial charge >= 0.3 is 0 Å². The molecule has 0 aromatic heterocycles. The molecule has 2 amide bonds. The van der Waals surface area contributed by atoms with E-state index in [4.69, 9.17) is 16.3 Å². The first-order valence-corrected chi connectivity index (χ1v) is 8.70. The third kappa shape index (κ3) is 3.57. The Morgan fingerprint density at radius 1 is 1.07 bits per heavy atom. The van der Waals surface area contributed by atoms with Gasteiger partial charge in [-0.15, -0.1) is 0 Å². The van der Waals surface area contributed by atoms with Crippen molar-refractivity contribution in [2.75, 3.05) is 16.8 Å². The van der Waals surface area contributed by atoms with E-state index >= 15 is 0 Å². The number of carbonyl (C=O) groups is 3. The topological polar surface area (TPSA) is 75.7 Å². The van der Waals surface area contributed by atoms with E-state index in [1.54, 1.807) is 48.5 Å². The number of Topliss-reactive ketones (excluding diaryl/α,β-unsaturated/α-hetero) is 1. The van der Waals surface area contributed by atoms with Gasteiger partial charge in [-0.2, -0.15) is 0 Å². The van der Waals surface area contributed by atoms with Gasteiger partial charge < -0.3 is 10.1 Å². The third-order valence-corrected chi connectivity index (χ3v) is 4.34. The molecule has 7 heteroatoms. The molecular weight excluding hydrogens is 368 g/mol. The minimum absolute atomic E-state index is 0.0245. The number of imide groups is 1. The molecule has 0 saturated carbocycles. The monoisotopic (exact) mass is 384 g/mol. The fraction of sp³-hybridized carbons (Fsp3) is 0.150. The summed E-state index contributed by atoms with van der Waals surface area (Å²) in [6.07, 6.45) is 0. The number of nitrogens with one attached hydrogen (secondary N) is 1. The van der Waals surface area contributed by atoms with Crippen molar-refractivity contribution in [1.82, 2.24) is 0 Å². The molecule has 1 N–H and O–H groups in total. The summed E-state index contributed by atoms with van der Waals surface area (Å²) < 4.78 is 5.51. The molecular formula is C20H17ClN2O4. The van der Waals surface area contributed by atoms with Crippen molar-refractivity contribution in [3.05, 3.63) is 64.8 Å². The third-order valence-electron chi connectivity index (χ3n) is 3.99. The van der Waals surface area contributed by atoms with E-state index in [9.17, 15) is 14.4 Å². The lowest BCUT2D eigenvalue weighted by Gasteiger charge is -2.18. The van der Waals surface area contributed by atoms with Crippen LogP contribution in [-0.4, -0.2) is 24.2 Å². The zero-order chi connectivity index (χ0) is 19.6. The molecule has 0 fully saturated rings. The first-order chi connectivity index (χ1) is 12.9. The lowest BCUT2D eigenvalue weighted by Crippen LogP contribution is -2.32. The molecule has 0 saturated heterocycles. The van der Waals surface area contributed by atoms with Crippen LogP contribution in [0.2, 0.25) is 0 Å². The van der Waals surface area contributed by atoms with E-state index in [1.807, 2.05) is 6.92 Å². The van der Waals surface area contributed by atoms with Crippen molar-refractivity contribution in [2.24, 2.45) is 0 Å². The largest absolute Gasteiger partial charge is 0.492 e. The van der Waals surface area contributed by atoms with Gasteiger partial charge in [0, 0.05) is 11.3 Å². The highest BCUT2D eigenvalue weighted by molar-refractivity contribution is 6.53. The zero-order valence-electron chi connectivity index (χ0n) is 14.8. The van der Waals surface area contributed by atoms with E-state index in [2.05, 4.69) is 5.32 Å². The van der Waals surface area contributed by atoms with E-state index in [0.29, 0.717) is 29.3 Å². The maximum Gasteiger partial charge on any atom is 0.283 e. The Morgan fingerprint density at radius 2 is 1.74 bits per heavy atom. The molecule has 1 heterocycles. The van der Waals surface area contributed by atoms with Crippen LogP contribution < -0.4 is 15.0 Å². The molecule has 0 unspecified atom stereocenters. The summed E-state index contributed by atoms with van der Waals surface area (Å²) in [5, 5.41) is 2.67. The van der Waals surface area contributed by atoms with Crippen molar-refractivity contribution < 1.29 is 19.1 Å². The highest BCUT2D eigenvalue weighted by Crippen LogP contribution is 2.35. The number of hydrogen-bond acceptors (Lipinski definition) is 5. The van der Waals surface area contributed by atoms with Crippen LogP contribution in [0.5, 0.6) is 5.75 Å². The summed E-state index contributed by atoms with van der Waals surface area (Å²) in [7, 11) is 0. The van der Waals surface area contributed by atoms with E-state index in [1.165, 1.54) is 6.92 Å². The number of ketones is 1. The van der Waals surface area contributed by atoms with Crippen LogP contribution in [0.4, 0.5) is 11.4 Å². The summed E-state index contributed by atoms with van der Waals surface area (Å²) in [5.41, 5.74) is 1.38. The highest BCUT2D eigenvalue weighted by atomic mass is 35.5. The predicted molar refractivity (Wildman–Crippen MR) is 103 cm³/mol. The Labute approximate surface area is 161 Å². The van der Waals surface area contributed by atoms with Crippen LogP contribution in [0, 0.1) is 0 Å². The van der Waals surface area contributed by atoms with Crippen molar-refractivity contribution in [1.29, 1.82) is 0 Å². The second kappa shape index (κ2) is 7.63. The van der Waals surface area contributed by atoms with Gasteiger partial charge in [0.25, 0.3) is 11.8 Å². The van der Waals surface area contributed by atoms with E-state index in [0.717, 1.165) is 4.90 Å². The molecule has 3 rings (SSSR count). The van der Waals surface area contributed by atoms with Gasteiger partial charge in [-0.1, -0.05) is 23.7 Å². The Balaban J connectivity index is 1.89. The smallest absolute Gasteiger partial charge is 0.283 e. The normalized spacial score (nSPS) is 14.0. The summed E-state index contributed by atoms with van der Waals surface area (Å²) in [6.45, 7) is 3.67. The lowest BCUT2D eigenvalue weighted by atomic mass is 10.1. The molecule has 0 bridgehead atoms. The number of para-hydroxylation sites is 2. The second-order valence-electron chi connectivity index (χ2n) is 5.79. The molecule has 0 aliphatic carbocycles. The number of amides is 2. The molecule has 0 atom stereocenters. The van der Waals surface area contributed by atoms with Crippen molar-refractivity contribution in [3.8, 4) is 5.75 Å². The Hall–Kier alpha value is -3.12. The summed E-state index contributed by atoms with van der Waals surface area (Å²) in [4.78, 5) is 37.8. The average molecular weight is 385 g/mol. The number of benzene rings is 2. The minimum atomic E-state index is -0.628. The van der Waals surface area contributed by atoms with Crippen LogP contribution in [-0.2, 0) is 9.59 Å². The number of rotatable bonds is 6. The van der Waals surface area contributed by atoms with Crippen molar-refractivity contribution >= 4 is 40.6 Å². The second-order valence-corrected chi connectivity index (χ2v) is 6.17. The fourth-order valence-electron chi connectivity index (χ4n) is 2.68. The first kappa shape index (κ1) is 18.7. The maximum absolute atomic E-state index is 12.9. The van der Waals surface area contributed by atoms with Crippen LogP contribution in [0.1, 0.15) is 24.2 Å².